The Labute approximate surface area is 419 Å². The zero-order valence-electron chi connectivity index (χ0n) is 40.8. The molecule has 0 bridgehead atoms. The van der Waals surface area contributed by atoms with Gasteiger partial charge in [-0.25, -0.2) is 9.97 Å². The lowest BCUT2D eigenvalue weighted by molar-refractivity contribution is -0.275. The molecule has 3 saturated heterocycles. The highest BCUT2D eigenvalue weighted by Gasteiger charge is 2.32. The van der Waals surface area contributed by atoms with Gasteiger partial charge in [-0.2, -0.15) is 0 Å². The lowest BCUT2D eigenvalue weighted by Crippen LogP contribution is -2.44. The molecule has 0 radical (unpaired) electrons. The number of carbonyl (C=O) groups excluding carboxylic acids is 2. The summed E-state index contributed by atoms with van der Waals surface area (Å²) in [6.45, 7) is 11.9. The van der Waals surface area contributed by atoms with Gasteiger partial charge in [0, 0.05) is 60.9 Å². The molecule has 0 saturated carbocycles. The predicted octanol–water partition coefficient (Wildman–Crippen LogP) is 10.1. The van der Waals surface area contributed by atoms with E-state index in [4.69, 9.17) is 19.4 Å². The third-order valence-corrected chi connectivity index (χ3v) is 12.9. The fraction of sp³-hybridized carbons (Fsp3) is 0.396. The van der Waals surface area contributed by atoms with Crippen molar-refractivity contribution >= 4 is 56.6 Å². The Morgan fingerprint density at radius 3 is 1.44 bits per heavy atom. The van der Waals surface area contributed by atoms with Crippen molar-refractivity contribution in [3.05, 3.63) is 108 Å². The molecule has 3 aliphatic rings. The van der Waals surface area contributed by atoms with Crippen molar-refractivity contribution in [1.29, 1.82) is 0 Å². The Hall–Kier alpha value is -7.06. The quantitative estimate of drug-likeness (QED) is 0.107. The molecule has 3 fully saturated rings. The average molecular weight is 1020 g/mol. The van der Waals surface area contributed by atoms with Gasteiger partial charge in [0.25, 0.3) is 11.8 Å². The molecule has 4 aromatic carbocycles. The number of aromatic nitrogens is 2. The summed E-state index contributed by atoms with van der Waals surface area (Å²) in [5.41, 5.74) is 5.10. The summed E-state index contributed by atoms with van der Waals surface area (Å²) in [5, 5.41) is 7.49. The van der Waals surface area contributed by atoms with Gasteiger partial charge in [0.15, 0.2) is 13.2 Å². The molecule has 9 rings (SSSR count). The van der Waals surface area contributed by atoms with Crippen LogP contribution in [-0.4, -0.2) is 123 Å². The summed E-state index contributed by atoms with van der Waals surface area (Å²) in [4.78, 5) is 44.1. The number of nitrogens with zero attached hydrogens (tertiary/aromatic N) is 6. The number of carbonyl (C=O) groups is 2. The van der Waals surface area contributed by atoms with Crippen molar-refractivity contribution in [1.82, 2.24) is 19.8 Å². The van der Waals surface area contributed by atoms with E-state index in [0.717, 1.165) is 127 Å². The van der Waals surface area contributed by atoms with Gasteiger partial charge in [-0.05, 0) is 181 Å². The van der Waals surface area contributed by atoms with E-state index in [9.17, 15) is 35.9 Å². The smallest absolute Gasteiger partial charge is 0.484 e. The minimum Gasteiger partial charge on any atom is -0.484 e. The van der Waals surface area contributed by atoms with Crippen LogP contribution in [0.25, 0.3) is 21.8 Å². The van der Waals surface area contributed by atoms with Crippen LogP contribution in [0.5, 0.6) is 23.0 Å². The van der Waals surface area contributed by atoms with Crippen LogP contribution >= 0.6 is 0 Å². The summed E-state index contributed by atoms with van der Waals surface area (Å²) < 4.78 is 92.0. The predicted molar refractivity (Wildman–Crippen MR) is 268 cm³/mol. The zero-order valence-corrected chi connectivity index (χ0v) is 40.8. The van der Waals surface area contributed by atoms with Crippen LogP contribution in [-0.2, 0) is 9.59 Å². The number of halogens is 6. The first-order valence-electron chi connectivity index (χ1n) is 24.2. The Morgan fingerprint density at radius 1 is 0.548 bits per heavy atom. The van der Waals surface area contributed by atoms with E-state index in [1.54, 1.807) is 12.1 Å². The largest absolute Gasteiger partial charge is 0.573 e. The van der Waals surface area contributed by atoms with Gasteiger partial charge in [0.2, 0.25) is 0 Å². The van der Waals surface area contributed by atoms with Crippen LogP contribution in [0.3, 0.4) is 0 Å². The summed E-state index contributed by atoms with van der Waals surface area (Å²) in [6, 6.07) is 25.8. The number of pyridine rings is 2. The highest BCUT2D eigenvalue weighted by atomic mass is 19.4. The first-order chi connectivity index (χ1) is 34.9. The number of aryl methyl sites for hydroxylation is 2. The zero-order chi connectivity index (χ0) is 51.7. The van der Waals surface area contributed by atoms with E-state index in [1.807, 2.05) is 38.1 Å². The number of rotatable bonds is 13. The number of fused-ring (bicyclic) bond motifs is 2. The highest BCUT2D eigenvalue weighted by molar-refractivity contribution is 5.96. The highest BCUT2D eigenvalue weighted by Crippen LogP contribution is 2.31. The third-order valence-electron chi connectivity index (χ3n) is 12.9. The first kappa shape index (κ1) is 52.3. The summed E-state index contributed by atoms with van der Waals surface area (Å²) >= 11 is 0. The van der Waals surface area contributed by atoms with Gasteiger partial charge in [-0.3, -0.25) is 9.59 Å². The number of ether oxygens (including phenoxy) is 4. The Kier molecular flexibility index (Phi) is 16.6. The topological polar surface area (TPSA) is 134 Å². The number of likely N-dealkylation sites (N-methyl/N-ethyl adjacent to an activating group) is 1. The lowest BCUT2D eigenvalue weighted by atomic mass is 10.0. The van der Waals surface area contributed by atoms with Crippen molar-refractivity contribution in [2.75, 3.05) is 93.1 Å². The third kappa shape index (κ3) is 15.0. The normalized spacial score (nSPS) is 16.1. The Bertz CT molecular complexity index is 2840. The molecule has 6 aromatic rings. The molecule has 2 aromatic heterocycles. The summed E-state index contributed by atoms with van der Waals surface area (Å²) in [6.07, 6.45) is -3.47. The number of piperidine rings is 1. The van der Waals surface area contributed by atoms with Crippen molar-refractivity contribution < 1.29 is 54.9 Å². The van der Waals surface area contributed by atoms with Gasteiger partial charge < -0.3 is 49.2 Å². The molecule has 5 heterocycles. The minimum atomic E-state index is -4.76. The molecule has 73 heavy (non-hydrogen) atoms. The van der Waals surface area contributed by atoms with E-state index in [1.165, 1.54) is 50.2 Å². The number of likely N-dealkylation sites (tertiary alicyclic amines) is 1. The maximum Gasteiger partial charge on any atom is 0.573 e. The van der Waals surface area contributed by atoms with Crippen LogP contribution in [0.2, 0.25) is 0 Å². The number of anilines is 4. The van der Waals surface area contributed by atoms with E-state index < -0.39 is 18.6 Å². The van der Waals surface area contributed by atoms with Crippen molar-refractivity contribution in [2.24, 2.45) is 0 Å². The fourth-order valence-electron chi connectivity index (χ4n) is 9.24. The maximum absolute atomic E-state index is 12.4. The van der Waals surface area contributed by atoms with Crippen molar-refractivity contribution in [2.45, 2.75) is 64.7 Å². The Morgan fingerprint density at radius 2 is 0.986 bits per heavy atom. The molecular formula is C53H58F6N8O6. The second kappa shape index (κ2) is 23.2. The minimum absolute atomic E-state index is 0.250. The van der Waals surface area contributed by atoms with Gasteiger partial charge in [0.05, 0.1) is 11.0 Å². The average Bonchev–Trinajstić information content (AvgIpc) is 3.81. The monoisotopic (exact) mass is 1020 g/mol. The molecule has 0 aliphatic carbocycles. The molecule has 14 nitrogen and oxygen atoms in total. The van der Waals surface area contributed by atoms with E-state index in [0.29, 0.717) is 17.4 Å². The number of nitrogens with one attached hydrogen (secondary N) is 2. The number of amides is 2. The van der Waals surface area contributed by atoms with Gasteiger partial charge in [-0.15, -0.1) is 26.3 Å². The van der Waals surface area contributed by atoms with Crippen LogP contribution in [0.15, 0.2) is 97.1 Å². The van der Waals surface area contributed by atoms with Gasteiger partial charge in [0.1, 0.15) is 34.6 Å². The van der Waals surface area contributed by atoms with Crippen LogP contribution in [0.4, 0.5) is 49.4 Å². The molecule has 2 N–H and O–H groups in total. The fourth-order valence-corrected chi connectivity index (χ4v) is 9.24. The van der Waals surface area contributed by atoms with E-state index in [-0.39, 0.29) is 42.1 Å². The number of hydrogen-bond acceptors (Lipinski definition) is 12. The second-order valence-corrected chi connectivity index (χ2v) is 18.4. The lowest BCUT2D eigenvalue weighted by Gasteiger charge is -2.37. The Balaban J connectivity index is 0.000000196. The molecular weight excluding hydrogens is 959 g/mol. The van der Waals surface area contributed by atoms with Gasteiger partial charge in [-0.1, -0.05) is 0 Å². The molecule has 20 heteroatoms. The van der Waals surface area contributed by atoms with Crippen molar-refractivity contribution in [3.8, 4) is 23.0 Å². The molecule has 3 aliphatic heterocycles. The standard InChI is InChI=1S/C28H31F3N4O3.C25H27F3N4O3/c1-19-16-26(35-14-10-21(11-15-35)34-12-2-3-13-34)33-25-9-4-20(17-24(19)25)32-27(36)18-37-22-5-7-23(8-6-22)38-28(29,30)31;1-17-14-23(32-11-3-10-31(2)12-13-32)30-22-9-4-18(15-21(17)22)29-24(33)16-34-19-5-7-20(8-6-19)35-25(26,27)28/h4-9,16-17,21H,2-3,10-15,18H2,1H3,(H,32,36);4-9,14-15H,3,10-13,16H2,1-2H3,(H,29,33). The summed E-state index contributed by atoms with van der Waals surface area (Å²) in [7, 11) is 2.13. The summed E-state index contributed by atoms with van der Waals surface area (Å²) in [5.74, 6) is 0.962. The van der Waals surface area contributed by atoms with Crippen LogP contribution in [0.1, 0.15) is 43.2 Å². The molecule has 2 amide bonds. The molecule has 0 unspecified atom stereocenters. The molecule has 388 valence electrons. The number of benzene rings is 4. The van der Waals surface area contributed by atoms with Crippen LogP contribution in [0, 0.1) is 13.8 Å². The SMILES string of the molecule is Cc1cc(N2CCC(N3CCCC3)CC2)nc2ccc(NC(=O)COc3ccc(OC(F)(F)F)cc3)cc12.Cc1cc(N2CCCN(C)CC2)nc2ccc(NC(=O)COc3ccc(OC(F)(F)F)cc3)cc12. The maximum atomic E-state index is 12.4. The number of hydrogen-bond donors (Lipinski definition) is 2. The van der Waals surface area contributed by atoms with Gasteiger partial charge >= 0.3 is 12.7 Å². The van der Waals surface area contributed by atoms with Crippen molar-refractivity contribution in [3.63, 3.8) is 0 Å². The molecule has 0 spiro atoms. The second-order valence-electron chi connectivity index (χ2n) is 18.4. The van der Waals surface area contributed by atoms with Crippen LogP contribution < -0.4 is 39.4 Å². The van der Waals surface area contributed by atoms with E-state index in [2.05, 4.69) is 58.9 Å². The first-order valence-corrected chi connectivity index (χ1v) is 24.2. The molecule has 0 atom stereocenters. The van der Waals surface area contributed by atoms with E-state index >= 15 is 0 Å². The number of alkyl halides is 6.